The van der Waals surface area contributed by atoms with Crippen LogP contribution in [0, 0.1) is 5.92 Å². The predicted octanol–water partition coefficient (Wildman–Crippen LogP) is 2.14. The van der Waals surface area contributed by atoms with Crippen LogP contribution >= 0.6 is 0 Å². The Hall–Kier alpha value is -1.26. The van der Waals surface area contributed by atoms with E-state index in [0.717, 1.165) is 37.6 Å². The molecule has 3 rings (SSSR count). The third kappa shape index (κ3) is 2.69. The third-order valence-electron chi connectivity index (χ3n) is 3.97. The summed E-state index contributed by atoms with van der Waals surface area (Å²) in [5.74, 6) is 2.36. The first kappa shape index (κ1) is 12.8. The van der Waals surface area contributed by atoms with Crippen molar-refractivity contribution in [2.75, 3.05) is 33.5 Å². The summed E-state index contributed by atoms with van der Waals surface area (Å²) in [7, 11) is 2.02. The SMILES string of the molecule is CNC(c1ccc2c(c1)OCCO2)C1CCOCC1. The van der Waals surface area contributed by atoms with Crippen molar-refractivity contribution in [2.45, 2.75) is 18.9 Å². The van der Waals surface area contributed by atoms with Gasteiger partial charge in [-0.2, -0.15) is 0 Å². The summed E-state index contributed by atoms with van der Waals surface area (Å²) in [4.78, 5) is 0. The van der Waals surface area contributed by atoms with Gasteiger partial charge in [-0.3, -0.25) is 0 Å². The lowest BCUT2D eigenvalue weighted by Crippen LogP contribution is -2.30. The minimum atomic E-state index is 0.361. The molecule has 1 fully saturated rings. The lowest BCUT2D eigenvalue weighted by molar-refractivity contribution is 0.0545. The van der Waals surface area contributed by atoms with Gasteiger partial charge in [0.05, 0.1) is 0 Å². The van der Waals surface area contributed by atoms with E-state index in [4.69, 9.17) is 14.2 Å². The summed E-state index contributed by atoms with van der Waals surface area (Å²) in [6.07, 6.45) is 2.22. The van der Waals surface area contributed by atoms with Crippen LogP contribution in [0.1, 0.15) is 24.4 Å². The summed E-state index contributed by atoms with van der Waals surface area (Å²) in [6, 6.07) is 6.64. The van der Waals surface area contributed by atoms with Crippen molar-refractivity contribution in [2.24, 2.45) is 5.92 Å². The molecule has 4 heteroatoms. The van der Waals surface area contributed by atoms with E-state index < -0.39 is 0 Å². The maximum Gasteiger partial charge on any atom is 0.161 e. The van der Waals surface area contributed by atoms with E-state index in [1.165, 1.54) is 5.56 Å². The molecule has 2 aliphatic rings. The molecule has 0 aromatic heterocycles. The number of hydrogen-bond donors (Lipinski definition) is 1. The Morgan fingerprint density at radius 3 is 2.53 bits per heavy atom. The van der Waals surface area contributed by atoms with Gasteiger partial charge in [0.25, 0.3) is 0 Å². The topological polar surface area (TPSA) is 39.7 Å². The summed E-state index contributed by atoms with van der Waals surface area (Å²) in [5.41, 5.74) is 1.28. The van der Waals surface area contributed by atoms with Crippen LogP contribution in [-0.2, 0) is 4.74 Å². The minimum Gasteiger partial charge on any atom is -0.486 e. The second-order valence-electron chi connectivity index (χ2n) is 5.12. The van der Waals surface area contributed by atoms with Crippen LogP contribution < -0.4 is 14.8 Å². The Morgan fingerprint density at radius 2 is 1.79 bits per heavy atom. The number of ether oxygens (including phenoxy) is 3. The van der Waals surface area contributed by atoms with Crippen LogP contribution in [0.3, 0.4) is 0 Å². The first-order chi connectivity index (χ1) is 9.38. The molecule has 0 radical (unpaired) electrons. The van der Waals surface area contributed by atoms with E-state index in [1.807, 2.05) is 13.1 Å². The Kier molecular flexibility index (Phi) is 3.89. The average molecular weight is 263 g/mol. The normalized spacial score (nSPS) is 21.1. The van der Waals surface area contributed by atoms with Crippen LogP contribution in [-0.4, -0.2) is 33.5 Å². The van der Waals surface area contributed by atoms with E-state index in [2.05, 4.69) is 17.4 Å². The monoisotopic (exact) mass is 263 g/mol. The average Bonchev–Trinajstić information content (AvgIpc) is 2.49. The molecule has 1 N–H and O–H groups in total. The Balaban J connectivity index is 1.82. The largest absolute Gasteiger partial charge is 0.486 e. The summed E-state index contributed by atoms with van der Waals surface area (Å²) >= 11 is 0. The van der Waals surface area contributed by atoms with Crippen molar-refractivity contribution in [3.8, 4) is 11.5 Å². The molecule has 2 heterocycles. The second-order valence-corrected chi connectivity index (χ2v) is 5.12. The first-order valence-corrected chi connectivity index (χ1v) is 7.03. The number of nitrogens with one attached hydrogen (secondary N) is 1. The molecular formula is C15H21NO3. The van der Waals surface area contributed by atoms with Crippen LogP contribution in [0.5, 0.6) is 11.5 Å². The molecule has 0 saturated carbocycles. The molecule has 0 amide bonds. The van der Waals surface area contributed by atoms with E-state index in [0.29, 0.717) is 25.2 Å². The van der Waals surface area contributed by atoms with Crippen molar-refractivity contribution >= 4 is 0 Å². The highest BCUT2D eigenvalue weighted by Crippen LogP contribution is 2.36. The maximum absolute atomic E-state index is 5.67. The van der Waals surface area contributed by atoms with E-state index in [9.17, 15) is 0 Å². The van der Waals surface area contributed by atoms with Crippen molar-refractivity contribution in [3.05, 3.63) is 23.8 Å². The molecule has 0 bridgehead atoms. The maximum atomic E-state index is 5.67. The fourth-order valence-electron chi connectivity index (χ4n) is 2.98. The van der Waals surface area contributed by atoms with Crippen molar-refractivity contribution in [1.82, 2.24) is 5.32 Å². The van der Waals surface area contributed by atoms with Gasteiger partial charge in [-0.1, -0.05) is 6.07 Å². The summed E-state index contributed by atoms with van der Waals surface area (Å²) in [5, 5.41) is 3.44. The highest BCUT2D eigenvalue weighted by Gasteiger charge is 2.25. The molecule has 1 aromatic rings. The number of hydrogen-bond acceptors (Lipinski definition) is 4. The molecule has 0 spiro atoms. The zero-order valence-electron chi connectivity index (χ0n) is 11.4. The van der Waals surface area contributed by atoms with Gasteiger partial charge < -0.3 is 19.5 Å². The van der Waals surface area contributed by atoms with Crippen LogP contribution in [0.4, 0.5) is 0 Å². The third-order valence-corrected chi connectivity index (χ3v) is 3.97. The van der Waals surface area contributed by atoms with Gasteiger partial charge in [0.1, 0.15) is 13.2 Å². The zero-order chi connectivity index (χ0) is 13.1. The molecule has 1 aromatic carbocycles. The van der Waals surface area contributed by atoms with E-state index >= 15 is 0 Å². The number of rotatable bonds is 3. The molecule has 1 saturated heterocycles. The van der Waals surface area contributed by atoms with Gasteiger partial charge in [0.15, 0.2) is 11.5 Å². The molecule has 19 heavy (non-hydrogen) atoms. The fourth-order valence-corrected chi connectivity index (χ4v) is 2.98. The van der Waals surface area contributed by atoms with Crippen molar-refractivity contribution in [1.29, 1.82) is 0 Å². The smallest absolute Gasteiger partial charge is 0.161 e. The van der Waals surface area contributed by atoms with Crippen LogP contribution in [0.25, 0.3) is 0 Å². The Bertz CT molecular complexity index is 429. The lowest BCUT2D eigenvalue weighted by Gasteiger charge is -2.31. The first-order valence-electron chi connectivity index (χ1n) is 7.03. The predicted molar refractivity (Wildman–Crippen MR) is 72.8 cm³/mol. The highest BCUT2D eigenvalue weighted by molar-refractivity contribution is 5.44. The Labute approximate surface area is 114 Å². The van der Waals surface area contributed by atoms with E-state index in [-0.39, 0.29) is 0 Å². The molecule has 4 nitrogen and oxygen atoms in total. The standard InChI is InChI=1S/C15H21NO3/c1-16-15(11-4-6-17-7-5-11)12-2-3-13-14(10-12)19-9-8-18-13/h2-3,10-11,15-16H,4-9H2,1H3. The van der Waals surface area contributed by atoms with E-state index in [1.54, 1.807) is 0 Å². The van der Waals surface area contributed by atoms with Crippen molar-refractivity contribution in [3.63, 3.8) is 0 Å². The van der Waals surface area contributed by atoms with Crippen molar-refractivity contribution < 1.29 is 14.2 Å². The van der Waals surface area contributed by atoms with Gasteiger partial charge in [-0.25, -0.2) is 0 Å². The van der Waals surface area contributed by atoms with Gasteiger partial charge in [0.2, 0.25) is 0 Å². The molecular weight excluding hydrogens is 242 g/mol. The minimum absolute atomic E-state index is 0.361. The quantitative estimate of drug-likeness (QED) is 0.907. The summed E-state index contributed by atoms with van der Waals surface area (Å²) < 4.78 is 16.7. The van der Waals surface area contributed by atoms with Gasteiger partial charge in [-0.05, 0) is 43.5 Å². The van der Waals surface area contributed by atoms with Gasteiger partial charge >= 0.3 is 0 Å². The lowest BCUT2D eigenvalue weighted by atomic mass is 9.87. The molecule has 2 aliphatic heterocycles. The molecule has 1 unspecified atom stereocenters. The Morgan fingerprint density at radius 1 is 1.05 bits per heavy atom. The zero-order valence-corrected chi connectivity index (χ0v) is 11.4. The second kappa shape index (κ2) is 5.80. The van der Waals surface area contributed by atoms with Gasteiger partial charge in [-0.15, -0.1) is 0 Å². The van der Waals surface area contributed by atoms with Crippen LogP contribution in [0.2, 0.25) is 0 Å². The highest BCUT2D eigenvalue weighted by atomic mass is 16.6. The molecule has 1 atom stereocenters. The molecule has 0 aliphatic carbocycles. The number of fused-ring (bicyclic) bond motifs is 1. The van der Waals surface area contributed by atoms with Gasteiger partial charge in [0, 0.05) is 19.3 Å². The van der Waals surface area contributed by atoms with Crippen LogP contribution in [0.15, 0.2) is 18.2 Å². The fraction of sp³-hybridized carbons (Fsp3) is 0.600. The molecule has 104 valence electrons. The summed E-state index contributed by atoms with van der Waals surface area (Å²) in [6.45, 7) is 3.01. The number of benzene rings is 1.